The molecule has 142 valence electrons. The molecule has 2 fully saturated rings. The standard InChI is InChI=1S/C17H22ClN3O4S/c1-25-7-6-19-16(24)11-8-12(22)15(23)13-14(11)21(17(26)20-13)10-4-2-9(18)3-5-10/h2-5,11-15,22-23H,6-8H2,1H3,(H,19,24)(H,20,26)/t11-,12+,13-,14+,15-/m0/s1. The fourth-order valence-electron chi connectivity index (χ4n) is 3.65. The summed E-state index contributed by atoms with van der Waals surface area (Å²) in [4.78, 5) is 14.6. The average Bonchev–Trinajstić information content (AvgIpc) is 2.96. The van der Waals surface area contributed by atoms with Crippen LogP contribution >= 0.6 is 23.8 Å². The molecule has 0 unspecified atom stereocenters. The number of benzene rings is 1. The van der Waals surface area contributed by atoms with Gasteiger partial charge in [0.1, 0.15) is 6.10 Å². The first kappa shape index (κ1) is 19.3. The van der Waals surface area contributed by atoms with Gasteiger partial charge in [-0.2, -0.15) is 0 Å². The Morgan fingerprint density at radius 1 is 1.42 bits per heavy atom. The van der Waals surface area contributed by atoms with Crippen LogP contribution in [0, 0.1) is 5.92 Å². The van der Waals surface area contributed by atoms with Crippen molar-refractivity contribution >= 4 is 40.5 Å². The third kappa shape index (κ3) is 3.65. The lowest BCUT2D eigenvalue weighted by Gasteiger charge is -2.41. The smallest absolute Gasteiger partial charge is 0.225 e. The number of fused-ring (bicyclic) bond motifs is 1. The molecule has 1 aromatic carbocycles. The first-order valence-electron chi connectivity index (χ1n) is 8.42. The van der Waals surface area contributed by atoms with Crippen LogP contribution in [0.4, 0.5) is 5.69 Å². The van der Waals surface area contributed by atoms with E-state index in [1.807, 2.05) is 17.0 Å². The topological polar surface area (TPSA) is 94.1 Å². The number of ether oxygens (including phenoxy) is 1. The van der Waals surface area contributed by atoms with Gasteiger partial charge in [0.2, 0.25) is 5.91 Å². The normalized spacial score (nSPS) is 30.7. The number of aliphatic hydroxyl groups excluding tert-OH is 2. The Morgan fingerprint density at radius 2 is 2.12 bits per heavy atom. The molecule has 26 heavy (non-hydrogen) atoms. The summed E-state index contributed by atoms with van der Waals surface area (Å²) in [5.74, 6) is -0.743. The van der Waals surface area contributed by atoms with Crippen molar-refractivity contribution in [1.29, 1.82) is 0 Å². The minimum Gasteiger partial charge on any atom is -0.390 e. The highest BCUT2D eigenvalue weighted by atomic mass is 35.5. The number of thiocarbonyl (C=S) groups is 1. The van der Waals surface area contributed by atoms with Crippen molar-refractivity contribution in [3.8, 4) is 0 Å². The number of carbonyl (C=O) groups is 1. The van der Waals surface area contributed by atoms with E-state index in [4.69, 9.17) is 28.6 Å². The first-order chi connectivity index (χ1) is 12.4. The minimum atomic E-state index is -1.02. The molecule has 2 aliphatic rings. The summed E-state index contributed by atoms with van der Waals surface area (Å²) in [6.45, 7) is 0.774. The largest absolute Gasteiger partial charge is 0.390 e. The predicted octanol–water partition coefficient (Wildman–Crippen LogP) is 0.276. The van der Waals surface area contributed by atoms with E-state index in [-0.39, 0.29) is 12.3 Å². The number of nitrogens with zero attached hydrogens (tertiary/aromatic N) is 1. The highest BCUT2D eigenvalue weighted by Crippen LogP contribution is 2.36. The van der Waals surface area contributed by atoms with Gasteiger partial charge in [-0.15, -0.1) is 0 Å². The van der Waals surface area contributed by atoms with Gasteiger partial charge in [0.15, 0.2) is 5.11 Å². The van der Waals surface area contributed by atoms with Crippen LogP contribution in [0.2, 0.25) is 5.02 Å². The highest BCUT2D eigenvalue weighted by molar-refractivity contribution is 7.80. The summed E-state index contributed by atoms with van der Waals surface area (Å²) in [6, 6.07) is 6.17. The van der Waals surface area contributed by atoms with E-state index >= 15 is 0 Å². The molecule has 7 nitrogen and oxygen atoms in total. The summed E-state index contributed by atoms with van der Waals surface area (Å²) in [5.41, 5.74) is 0.776. The summed E-state index contributed by atoms with van der Waals surface area (Å²) >= 11 is 11.4. The molecule has 0 spiro atoms. The zero-order valence-electron chi connectivity index (χ0n) is 14.3. The Bertz CT molecular complexity index is 674. The molecular formula is C17H22ClN3O4S. The Kier molecular flexibility index (Phi) is 5.99. The van der Waals surface area contributed by atoms with Crippen LogP contribution < -0.4 is 15.5 Å². The number of anilines is 1. The molecule has 1 aromatic rings. The maximum absolute atomic E-state index is 12.7. The van der Waals surface area contributed by atoms with Crippen molar-refractivity contribution in [1.82, 2.24) is 10.6 Å². The average molecular weight is 400 g/mol. The van der Waals surface area contributed by atoms with Crippen molar-refractivity contribution in [2.45, 2.75) is 30.7 Å². The molecular weight excluding hydrogens is 378 g/mol. The number of aliphatic hydroxyl groups is 2. The lowest BCUT2D eigenvalue weighted by atomic mass is 9.77. The number of halogens is 1. The zero-order chi connectivity index (χ0) is 18.8. The monoisotopic (exact) mass is 399 g/mol. The van der Waals surface area contributed by atoms with Crippen LogP contribution in [0.3, 0.4) is 0 Å². The number of hydrogen-bond donors (Lipinski definition) is 4. The predicted molar refractivity (Wildman–Crippen MR) is 102 cm³/mol. The maximum atomic E-state index is 12.7. The van der Waals surface area contributed by atoms with Crippen molar-refractivity contribution in [3.63, 3.8) is 0 Å². The van der Waals surface area contributed by atoms with Crippen LogP contribution in [0.1, 0.15) is 6.42 Å². The Balaban J connectivity index is 1.90. The Labute approximate surface area is 162 Å². The maximum Gasteiger partial charge on any atom is 0.225 e. The third-order valence-corrected chi connectivity index (χ3v) is 5.46. The summed E-state index contributed by atoms with van der Waals surface area (Å²) in [5, 5.41) is 27.5. The molecule has 9 heteroatoms. The SMILES string of the molecule is COCCNC(=O)[C@H]1C[C@@H](O)[C@H](O)[C@H]2NC(=S)N(c3ccc(Cl)cc3)[C@@H]21. The van der Waals surface area contributed by atoms with Crippen LogP contribution in [0.25, 0.3) is 0 Å². The highest BCUT2D eigenvalue weighted by Gasteiger charge is 2.53. The van der Waals surface area contributed by atoms with E-state index in [1.54, 1.807) is 19.2 Å². The second-order valence-electron chi connectivity index (χ2n) is 6.50. The molecule has 1 aliphatic heterocycles. The summed E-state index contributed by atoms with van der Waals surface area (Å²) in [6.07, 6.45) is -1.87. The van der Waals surface area contributed by atoms with Gasteiger partial charge >= 0.3 is 0 Å². The van der Waals surface area contributed by atoms with Crippen LogP contribution in [0.5, 0.6) is 0 Å². The zero-order valence-corrected chi connectivity index (χ0v) is 15.8. The molecule has 0 radical (unpaired) electrons. The van der Waals surface area contributed by atoms with Crippen molar-refractivity contribution in [3.05, 3.63) is 29.3 Å². The fourth-order valence-corrected chi connectivity index (χ4v) is 4.14. The number of nitrogens with one attached hydrogen (secondary N) is 2. The number of carbonyl (C=O) groups excluding carboxylic acids is 1. The quantitative estimate of drug-likeness (QED) is 0.417. The second-order valence-corrected chi connectivity index (χ2v) is 7.32. The molecule has 1 amide bonds. The molecule has 1 aliphatic carbocycles. The number of hydrogen-bond acceptors (Lipinski definition) is 5. The Morgan fingerprint density at radius 3 is 2.77 bits per heavy atom. The van der Waals surface area contributed by atoms with E-state index in [1.165, 1.54) is 0 Å². The van der Waals surface area contributed by atoms with Crippen LogP contribution in [0.15, 0.2) is 24.3 Å². The van der Waals surface area contributed by atoms with Gasteiger partial charge in [0, 0.05) is 24.4 Å². The van der Waals surface area contributed by atoms with Crippen molar-refractivity contribution < 1.29 is 19.7 Å². The lowest BCUT2D eigenvalue weighted by molar-refractivity contribution is -0.131. The molecule has 0 aromatic heterocycles. The van der Waals surface area contributed by atoms with Gasteiger partial charge in [-0.1, -0.05) is 11.6 Å². The van der Waals surface area contributed by atoms with E-state index < -0.39 is 30.2 Å². The van der Waals surface area contributed by atoms with Gasteiger partial charge in [-0.25, -0.2) is 0 Å². The molecule has 1 heterocycles. The molecule has 1 saturated heterocycles. The van der Waals surface area contributed by atoms with Crippen LogP contribution in [-0.2, 0) is 9.53 Å². The second kappa shape index (κ2) is 8.06. The van der Waals surface area contributed by atoms with Gasteiger partial charge < -0.3 is 30.5 Å². The van der Waals surface area contributed by atoms with Crippen LogP contribution in [-0.4, -0.2) is 65.8 Å². The molecule has 1 saturated carbocycles. The first-order valence-corrected chi connectivity index (χ1v) is 9.20. The Hall–Kier alpha value is -1.45. The minimum absolute atomic E-state index is 0.148. The number of amides is 1. The number of methoxy groups -OCH3 is 1. The van der Waals surface area contributed by atoms with E-state index in [2.05, 4.69) is 10.6 Å². The summed E-state index contributed by atoms with van der Waals surface area (Å²) < 4.78 is 4.96. The molecule has 0 bridgehead atoms. The van der Waals surface area contributed by atoms with Crippen molar-refractivity contribution in [2.24, 2.45) is 5.92 Å². The van der Waals surface area contributed by atoms with E-state index in [0.29, 0.717) is 23.3 Å². The van der Waals surface area contributed by atoms with Gasteiger partial charge in [0.25, 0.3) is 0 Å². The van der Waals surface area contributed by atoms with Gasteiger partial charge in [-0.05, 0) is 42.9 Å². The summed E-state index contributed by atoms with van der Waals surface area (Å²) in [7, 11) is 1.56. The molecule has 5 atom stereocenters. The lowest BCUT2D eigenvalue weighted by Crippen LogP contribution is -2.61. The third-order valence-electron chi connectivity index (χ3n) is 4.89. The molecule has 4 N–H and O–H groups in total. The molecule has 3 rings (SSSR count). The van der Waals surface area contributed by atoms with Crippen molar-refractivity contribution in [2.75, 3.05) is 25.2 Å². The van der Waals surface area contributed by atoms with Gasteiger partial charge in [-0.3, -0.25) is 4.79 Å². The fraction of sp³-hybridized carbons (Fsp3) is 0.529. The van der Waals surface area contributed by atoms with Gasteiger partial charge in [0.05, 0.1) is 30.7 Å². The number of rotatable bonds is 5. The van der Waals surface area contributed by atoms with E-state index in [0.717, 1.165) is 5.69 Å². The van der Waals surface area contributed by atoms with E-state index in [9.17, 15) is 15.0 Å².